The normalized spacial score (nSPS) is 15.1. The van der Waals surface area contributed by atoms with Crippen molar-refractivity contribution in [3.8, 4) is 0 Å². The van der Waals surface area contributed by atoms with Crippen molar-refractivity contribution >= 4 is 17.3 Å². The molecular formula is C16H16ClFN2. The fourth-order valence-corrected chi connectivity index (χ4v) is 2.87. The van der Waals surface area contributed by atoms with Gasteiger partial charge in [0, 0.05) is 35.9 Å². The summed E-state index contributed by atoms with van der Waals surface area (Å²) >= 11 is 5.93. The van der Waals surface area contributed by atoms with Gasteiger partial charge in [-0.15, -0.1) is 0 Å². The Labute approximate surface area is 123 Å². The van der Waals surface area contributed by atoms with E-state index in [1.807, 2.05) is 12.1 Å². The number of nitrogens with two attached hydrogens (primary N) is 1. The maximum atomic E-state index is 13.8. The molecule has 0 saturated carbocycles. The van der Waals surface area contributed by atoms with Crippen LogP contribution >= 0.6 is 11.6 Å². The number of anilines is 1. The average Bonchev–Trinajstić information content (AvgIpc) is 2.42. The molecule has 0 amide bonds. The second-order valence-electron chi connectivity index (χ2n) is 5.22. The summed E-state index contributed by atoms with van der Waals surface area (Å²) in [6.07, 6.45) is 0.970. The van der Waals surface area contributed by atoms with Crippen LogP contribution in [0.4, 0.5) is 10.1 Å². The molecule has 0 spiro atoms. The average molecular weight is 291 g/mol. The highest BCUT2D eigenvalue weighted by atomic mass is 35.5. The first-order chi connectivity index (χ1) is 9.61. The fourth-order valence-electron chi connectivity index (χ4n) is 2.68. The highest BCUT2D eigenvalue weighted by molar-refractivity contribution is 6.30. The molecule has 0 aliphatic carbocycles. The molecule has 0 saturated heterocycles. The van der Waals surface area contributed by atoms with Crippen LogP contribution in [0.5, 0.6) is 0 Å². The Balaban J connectivity index is 1.78. The molecule has 0 radical (unpaired) electrons. The summed E-state index contributed by atoms with van der Waals surface area (Å²) in [6.45, 7) is 2.29. The van der Waals surface area contributed by atoms with E-state index in [9.17, 15) is 4.39 Å². The molecule has 0 fully saturated rings. The van der Waals surface area contributed by atoms with Gasteiger partial charge >= 0.3 is 0 Å². The van der Waals surface area contributed by atoms with Crippen LogP contribution in [0.1, 0.15) is 16.7 Å². The first-order valence-corrected chi connectivity index (χ1v) is 7.03. The highest BCUT2D eigenvalue weighted by Crippen LogP contribution is 2.24. The molecule has 3 rings (SSSR count). The van der Waals surface area contributed by atoms with Gasteiger partial charge in [0.1, 0.15) is 5.82 Å². The number of halogens is 2. The van der Waals surface area contributed by atoms with Crippen LogP contribution in [0.15, 0.2) is 36.4 Å². The lowest BCUT2D eigenvalue weighted by atomic mass is 9.98. The predicted molar refractivity (Wildman–Crippen MR) is 80.1 cm³/mol. The topological polar surface area (TPSA) is 29.3 Å². The van der Waals surface area contributed by atoms with Crippen molar-refractivity contribution in [3.05, 3.63) is 63.9 Å². The number of hydrogen-bond acceptors (Lipinski definition) is 2. The van der Waals surface area contributed by atoms with Gasteiger partial charge in [0.25, 0.3) is 0 Å². The number of fused-ring (bicyclic) bond motifs is 1. The van der Waals surface area contributed by atoms with Crippen molar-refractivity contribution in [3.63, 3.8) is 0 Å². The molecule has 0 bridgehead atoms. The van der Waals surface area contributed by atoms with Crippen molar-refractivity contribution in [2.45, 2.75) is 19.5 Å². The number of nitrogen functional groups attached to an aromatic ring is 1. The van der Waals surface area contributed by atoms with Crippen LogP contribution in [0, 0.1) is 5.82 Å². The van der Waals surface area contributed by atoms with Crippen LogP contribution in [0.2, 0.25) is 5.02 Å². The molecule has 1 aliphatic heterocycles. The minimum absolute atomic E-state index is 0.201. The SMILES string of the molecule is Nc1ccc2c(c1)CN(Cc1cc(Cl)ccc1F)CC2. The molecule has 2 aromatic carbocycles. The smallest absolute Gasteiger partial charge is 0.127 e. The quantitative estimate of drug-likeness (QED) is 0.856. The lowest BCUT2D eigenvalue weighted by molar-refractivity contribution is 0.242. The van der Waals surface area contributed by atoms with E-state index in [1.165, 1.54) is 17.2 Å². The minimum atomic E-state index is -0.201. The first kappa shape index (κ1) is 13.4. The van der Waals surface area contributed by atoms with Gasteiger partial charge in [0.05, 0.1) is 0 Å². The zero-order chi connectivity index (χ0) is 14.1. The van der Waals surface area contributed by atoms with E-state index in [0.29, 0.717) is 17.1 Å². The first-order valence-electron chi connectivity index (χ1n) is 6.65. The van der Waals surface area contributed by atoms with Crippen LogP contribution in [-0.4, -0.2) is 11.4 Å². The van der Waals surface area contributed by atoms with E-state index < -0.39 is 0 Å². The minimum Gasteiger partial charge on any atom is -0.399 e. The molecule has 20 heavy (non-hydrogen) atoms. The molecule has 2 N–H and O–H groups in total. The summed E-state index contributed by atoms with van der Waals surface area (Å²) in [6, 6.07) is 10.7. The maximum Gasteiger partial charge on any atom is 0.127 e. The number of hydrogen-bond donors (Lipinski definition) is 1. The summed E-state index contributed by atoms with van der Waals surface area (Å²) < 4.78 is 13.8. The van der Waals surface area contributed by atoms with Crippen molar-refractivity contribution in [2.24, 2.45) is 0 Å². The fraction of sp³-hybridized carbons (Fsp3) is 0.250. The molecule has 0 atom stereocenters. The van der Waals surface area contributed by atoms with E-state index in [0.717, 1.165) is 25.2 Å². The predicted octanol–water partition coefficient (Wildman–Crippen LogP) is 3.62. The van der Waals surface area contributed by atoms with Gasteiger partial charge < -0.3 is 5.73 Å². The highest BCUT2D eigenvalue weighted by Gasteiger charge is 2.17. The summed E-state index contributed by atoms with van der Waals surface area (Å²) in [4.78, 5) is 2.22. The third-order valence-electron chi connectivity index (χ3n) is 3.72. The van der Waals surface area contributed by atoms with Crippen molar-refractivity contribution < 1.29 is 4.39 Å². The van der Waals surface area contributed by atoms with Gasteiger partial charge in [-0.2, -0.15) is 0 Å². The number of rotatable bonds is 2. The van der Waals surface area contributed by atoms with Gasteiger partial charge in [-0.1, -0.05) is 17.7 Å². The molecule has 0 aromatic heterocycles. The van der Waals surface area contributed by atoms with E-state index in [1.54, 1.807) is 12.1 Å². The molecule has 4 heteroatoms. The Hall–Kier alpha value is -1.58. The molecular weight excluding hydrogens is 275 g/mol. The van der Waals surface area contributed by atoms with Crippen LogP contribution in [0.25, 0.3) is 0 Å². The van der Waals surface area contributed by atoms with Gasteiger partial charge in [0.15, 0.2) is 0 Å². The Morgan fingerprint density at radius 3 is 2.85 bits per heavy atom. The molecule has 0 unspecified atom stereocenters. The standard InChI is InChI=1S/C16H16ClFN2/c17-14-2-4-16(18)13(7-14)10-20-6-5-11-1-3-15(19)8-12(11)9-20/h1-4,7-8H,5-6,9-10,19H2. The summed E-state index contributed by atoms with van der Waals surface area (Å²) in [7, 11) is 0. The lowest BCUT2D eigenvalue weighted by Gasteiger charge is -2.29. The van der Waals surface area contributed by atoms with Gasteiger partial charge in [-0.05, 0) is 47.9 Å². The molecule has 2 aromatic rings. The van der Waals surface area contributed by atoms with Crippen molar-refractivity contribution in [1.82, 2.24) is 4.90 Å². The van der Waals surface area contributed by atoms with Crippen LogP contribution in [0.3, 0.4) is 0 Å². The largest absolute Gasteiger partial charge is 0.399 e. The Morgan fingerprint density at radius 2 is 2.00 bits per heavy atom. The molecule has 2 nitrogen and oxygen atoms in total. The molecule has 1 aliphatic rings. The zero-order valence-corrected chi connectivity index (χ0v) is 11.8. The number of nitrogens with zero attached hydrogens (tertiary/aromatic N) is 1. The Morgan fingerprint density at radius 1 is 1.15 bits per heavy atom. The second kappa shape index (κ2) is 5.43. The van der Waals surface area contributed by atoms with E-state index >= 15 is 0 Å². The summed E-state index contributed by atoms with van der Waals surface area (Å²) in [5.41, 5.74) is 9.82. The summed E-state index contributed by atoms with van der Waals surface area (Å²) in [5.74, 6) is -0.201. The zero-order valence-electron chi connectivity index (χ0n) is 11.1. The van der Waals surface area contributed by atoms with E-state index in [2.05, 4.69) is 11.0 Å². The van der Waals surface area contributed by atoms with Gasteiger partial charge in [-0.25, -0.2) is 4.39 Å². The van der Waals surface area contributed by atoms with Crippen molar-refractivity contribution in [2.75, 3.05) is 12.3 Å². The van der Waals surface area contributed by atoms with E-state index in [4.69, 9.17) is 17.3 Å². The van der Waals surface area contributed by atoms with Crippen molar-refractivity contribution in [1.29, 1.82) is 0 Å². The third kappa shape index (κ3) is 2.79. The third-order valence-corrected chi connectivity index (χ3v) is 3.96. The Kier molecular flexibility index (Phi) is 3.64. The van der Waals surface area contributed by atoms with Gasteiger partial charge in [-0.3, -0.25) is 4.90 Å². The van der Waals surface area contributed by atoms with Crippen LogP contribution < -0.4 is 5.73 Å². The monoisotopic (exact) mass is 290 g/mol. The van der Waals surface area contributed by atoms with Crippen LogP contribution in [-0.2, 0) is 19.5 Å². The molecule has 104 valence electrons. The Bertz CT molecular complexity index is 642. The molecule has 1 heterocycles. The maximum absolute atomic E-state index is 13.8. The summed E-state index contributed by atoms with van der Waals surface area (Å²) in [5, 5.41) is 0.572. The van der Waals surface area contributed by atoms with E-state index in [-0.39, 0.29) is 5.82 Å². The second-order valence-corrected chi connectivity index (χ2v) is 5.66. The lowest BCUT2D eigenvalue weighted by Crippen LogP contribution is -2.30. The van der Waals surface area contributed by atoms with Gasteiger partial charge in [0.2, 0.25) is 0 Å². The number of benzene rings is 2.